The molecule has 0 N–H and O–H groups in total. The quantitative estimate of drug-likeness (QED) is 0.738. The van der Waals surface area contributed by atoms with Gasteiger partial charge >= 0.3 is 5.97 Å². The fraction of sp³-hybridized carbons (Fsp3) is 0.286. The zero-order chi connectivity index (χ0) is 20.3. The summed E-state index contributed by atoms with van der Waals surface area (Å²) in [6.07, 6.45) is 4.13. The highest BCUT2D eigenvalue weighted by Crippen LogP contribution is 2.28. The Balaban J connectivity index is 2.00. The third-order valence-electron chi connectivity index (χ3n) is 4.38. The third kappa shape index (κ3) is 3.98. The average molecular weight is 382 g/mol. The molecule has 0 saturated carbocycles. The lowest BCUT2D eigenvalue weighted by atomic mass is 10.0. The number of rotatable bonds is 5. The maximum Gasteiger partial charge on any atom is 0.349 e. The molecule has 0 spiro atoms. The first-order chi connectivity index (χ1) is 13.4. The van der Waals surface area contributed by atoms with E-state index in [4.69, 9.17) is 14.2 Å². The molecule has 1 aliphatic carbocycles. The number of aromatic nitrogens is 2. The second-order valence-corrected chi connectivity index (χ2v) is 6.47. The van der Waals surface area contributed by atoms with Crippen molar-refractivity contribution in [3.05, 3.63) is 69.9 Å². The minimum absolute atomic E-state index is 0.0839. The van der Waals surface area contributed by atoms with Gasteiger partial charge in [-0.05, 0) is 44.0 Å². The van der Waals surface area contributed by atoms with Crippen LogP contribution in [0, 0.1) is 6.92 Å². The second kappa shape index (κ2) is 8.12. The van der Waals surface area contributed by atoms with Gasteiger partial charge in [-0.25, -0.2) is 4.79 Å². The van der Waals surface area contributed by atoms with Gasteiger partial charge in [-0.15, -0.1) is 0 Å². The number of hydrogen-bond acceptors (Lipinski definition) is 6. The molecule has 1 heterocycles. The fourth-order valence-electron chi connectivity index (χ4n) is 3.01. The summed E-state index contributed by atoms with van der Waals surface area (Å²) < 4.78 is 17.1. The first-order valence-corrected chi connectivity index (χ1v) is 8.87. The first-order valence-electron chi connectivity index (χ1n) is 8.87. The predicted molar refractivity (Wildman–Crippen MR) is 104 cm³/mol. The van der Waals surface area contributed by atoms with Crippen molar-refractivity contribution in [3.8, 4) is 17.2 Å². The minimum atomic E-state index is -0.703. The Labute approximate surface area is 162 Å². The van der Waals surface area contributed by atoms with Crippen molar-refractivity contribution in [1.82, 2.24) is 9.78 Å². The topological polar surface area (TPSA) is 79.7 Å². The summed E-state index contributed by atoms with van der Waals surface area (Å²) in [4.78, 5) is 25.5. The number of ether oxygens (including phenoxy) is 3. The highest BCUT2D eigenvalue weighted by molar-refractivity contribution is 5.89. The lowest BCUT2D eigenvalue weighted by Crippen LogP contribution is -2.29. The number of carbonyl (C=O) groups excluding carboxylic acids is 1. The Bertz CT molecular complexity index is 1020. The predicted octanol–water partition coefficient (Wildman–Crippen LogP) is 3.34. The van der Waals surface area contributed by atoms with Gasteiger partial charge < -0.3 is 14.2 Å². The van der Waals surface area contributed by atoms with Crippen LogP contribution in [0.5, 0.6) is 11.5 Å². The van der Waals surface area contributed by atoms with Crippen molar-refractivity contribution in [2.45, 2.75) is 26.2 Å². The molecule has 1 aromatic carbocycles. The maximum absolute atomic E-state index is 12.9. The van der Waals surface area contributed by atoms with E-state index in [-0.39, 0.29) is 5.56 Å². The van der Waals surface area contributed by atoms with E-state index in [0.717, 1.165) is 23.1 Å². The summed E-state index contributed by atoms with van der Waals surface area (Å²) in [6.45, 7) is 5.60. The monoisotopic (exact) mass is 382 g/mol. The van der Waals surface area contributed by atoms with E-state index in [1.807, 2.05) is 0 Å². The molecular weight excluding hydrogens is 360 g/mol. The summed E-state index contributed by atoms with van der Waals surface area (Å²) in [6, 6.07) is 6.38. The van der Waals surface area contributed by atoms with Crippen molar-refractivity contribution in [2.24, 2.45) is 0 Å². The van der Waals surface area contributed by atoms with Crippen LogP contribution in [-0.4, -0.2) is 30.0 Å². The summed E-state index contributed by atoms with van der Waals surface area (Å²) >= 11 is 0. The van der Waals surface area contributed by atoms with E-state index in [9.17, 15) is 9.59 Å². The SMILES string of the molecule is C=C1C=C(OC(=O)c2cc(C)nn(-c3ccc(OC)c(OC)c3)c2=O)CCC1. The molecule has 7 heteroatoms. The molecule has 2 aromatic rings. The smallest absolute Gasteiger partial charge is 0.349 e. The number of hydrogen-bond donors (Lipinski definition) is 0. The molecule has 0 bridgehead atoms. The molecule has 0 fully saturated rings. The lowest BCUT2D eigenvalue weighted by Gasteiger charge is -2.15. The van der Waals surface area contributed by atoms with E-state index < -0.39 is 11.5 Å². The van der Waals surface area contributed by atoms with Crippen molar-refractivity contribution in [2.75, 3.05) is 14.2 Å². The maximum atomic E-state index is 12.9. The van der Waals surface area contributed by atoms with Crippen LogP contribution in [0.15, 0.2) is 53.0 Å². The molecule has 7 nitrogen and oxygen atoms in total. The summed E-state index contributed by atoms with van der Waals surface area (Å²) in [5.74, 6) is 0.791. The van der Waals surface area contributed by atoms with Gasteiger partial charge in [0.2, 0.25) is 0 Å². The number of allylic oxidation sites excluding steroid dienone is 3. The van der Waals surface area contributed by atoms with Crippen molar-refractivity contribution >= 4 is 5.97 Å². The average Bonchev–Trinajstić information content (AvgIpc) is 2.68. The Morgan fingerprint density at radius 2 is 1.89 bits per heavy atom. The van der Waals surface area contributed by atoms with Gasteiger partial charge in [-0.2, -0.15) is 9.78 Å². The van der Waals surface area contributed by atoms with Crippen LogP contribution in [0.1, 0.15) is 35.3 Å². The second-order valence-electron chi connectivity index (χ2n) is 6.47. The number of benzene rings is 1. The number of nitrogens with zero attached hydrogens (tertiary/aromatic N) is 2. The number of carbonyl (C=O) groups is 1. The van der Waals surface area contributed by atoms with Gasteiger partial charge in [0.05, 0.1) is 25.6 Å². The molecule has 3 rings (SSSR count). The zero-order valence-electron chi connectivity index (χ0n) is 16.2. The van der Waals surface area contributed by atoms with Crippen LogP contribution in [0.3, 0.4) is 0 Å². The fourth-order valence-corrected chi connectivity index (χ4v) is 3.01. The van der Waals surface area contributed by atoms with E-state index in [0.29, 0.717) is 35.1 Å². The first kappa shape index (κ1) is 19.4. The molecule has 0 radical (unpaired) electrons. The summed E-state index contributed by atoms with van der Waals surface area (Å²) in [7, 11) is 3.03. The largest absolute Gasteiger partial charge is 0.493 e. The molecule has 0 aliphatic heterocycles. The van der Waals surface area contributed by atoms with Gasteiger partial charge in [0, 0.05) is 12.5 Å². The molecule has 0 unspecified atom stereocenters. The third-order valence-corrected chi connectivity index (χ3v) is 4.38. The Kier molecular flexibility index (Phi) is 5.63. The van der Waals surface area contributed by atoms with Crippen LogP contribution in [-0.2, 0) is 4.74 Å². The summed E-state index contributed by atoms with van der Waals surface area (Å²) in [5, 5.41) is 4.25. The van der Waals surface area contributed by atoms with Crippen LogP contribution >= 0.6 is 0 Å². The van der Waals surface area contributed by atoms with Crippen LogP contribution in [0.4, 0.5) is 0 Å². The lowest BCUT2D eigenvalue weighted by molar-refractivity contribution is 0.0608. The van der Waals surface area contributed by atoms with Crippen molar-refractivity contribution in [3.63, 3.8) is 0 Å². The molecule has 0 saturated heterocycles. The van der Waals surface area contributed by atoms with Crippen LogP contribution in [0.25, 0.3) is 5.69 Å². The number of aryl methyl sites for hydroxylation is 1. The molecule has 0 amide bonds. The van der Waals surface area contributed by atoms with E-state index in [1.165, 1.54) is 20.3 Å². The van der Waals surface area contributed by atoms with Crippen molar-refractivity contribution in [1.29, 1.82) is 0 Å². The van der Waals surface area contributed by atoms with Crippen LogP contribution < -0.4 is 15.0 Å². The Morgan fingerprint density at radius 1 is 1.14 bits per heavy atom. The van der Waals surface area contributed by atoms with E-state index >= 15 is 0 Å². The van der Waals surface area contributed by atoms with Crippen molar-refractivity contribution < 1.29 is 19.0 Å². The molecule has 0 atom stereocenters. The standard InChI is InChI=1S/C21H22N2O5/c1-13-6-5-7-16(10-13)28-21(25)17-11-14(2)22-23(20(17)24)15-8-9-18(26-3)19(12-15)27-4/h8-12H,1,5-7H2,2-4H3. The van der Waals surface area contributed by atoms with E-state index in [2.05, 4.69) is 11.7 Å². The molecule has 28 heavy (non-hydrogen) atoms. The highest BCUT2D eigenvalue weighted by Gasteiger charge is 2.20. The number of esters is 1. The van der Waals surface area contributed by atoms with Gasteiger partial charge in [-0.1, -0.05) is 12.2 Å². The summed E-state index contributed by atoms with van der Waals surface area (Å²) in [5.41, 5.74) is 1.20. The Hall–Kier alpha value is -3.35. The number of methoxy groups -OCH3 is 2. The molecule has 1 aliphatic rings. The van der Waals surface area contributed by atoms with Gasteiger partial charge in [0.15, 0.2) is 11.5 Å². The molecule has 1 aromatic heterocycles. The highest BCUT2D eigenvalue weighted by atomic mass is 16.5. The molecule has 146 valence electrons. The van der Waals surface area contributed by atoms with Gasteiger partial charge in [-0.3, -0.25) is 4.79 Å². The van der Waals surface area contributed by atoms with Gasteiger partial charge in [0.25, 0.3) is 5.56 Å². The van der Waals surface area contributed by atoms with E-state index in [1.54, 1.807) is 31.2 Å². The minimum Gasteiger partial charge on any atom is -0.493 e. The van der Waals surface area contributed by atoms with Crippen LogP contribution in [0.2, 0.25) is 0 Å². The molecular formula is C21H22N2O5. The Morgan fingerprint density at radius 3 is 2.57 bits per heavy atom. The van der Waals surface area contributed by atoms with Gasteiger partial charge in [0.1, 0.15) is 11.3 Å². The zero-order valence-corrected chi connectivity index (χ0v) is 16.2. The normalized spacial score (nSPS) is 13.7.